The predicted octanol–water partition coefficient (Wildman–Crippen LogP) is 2.31. The van der Waals surface area contributed by atoms with E-state index in [-0.39, 0.29) is 17.5 Å². The van der Waals surface area contributed by atoms with Gasteiger partial charge in [0.25, 0.3) is 0 Å². The van der Waals surface area contributed by atoms with Gasteiger partial charge in [-0.05, 0) is 67.5 Å². The fourth-order valence-corrected chi connectivity index (χ4v) is 2.50. The number of carbonyl (C=O) groups is 1. The molecule has 0 spiro atoms. The highest BCUT2D eigenvalue weighted by atomic mass is 16.2. The normalized spacial score (nSPS) is 19.1. The maximum Gasteiger partial charge on any atom is 0.237 e. The molecule has 4 heteroatoms. The number of carbonyl (C=O) groups excluding carboxylic acids is 1. The monoisotopic (exact) mass is 295 g/mol. The Labute approximate surface area is 130 Å². The van der Waals surface area contributed by atoms with Crippen molar-refractivity contribution in [1.82, 2.24) is 15.5 Å². The van der Waals surface area contributed by atoms with Gasteiger partial charge in [0, 0.05) is 18.1 Å². The molecule has 1 aliphatic heterocycles. The van der Waals surface area contributed by atoms with Crippen molar-refractivity contribution in [3.8, 4) is 0 Å². The fraction of sp³-hybridized carbons (Fsp3) is 0.824. The molecule has 1 atom stereocenters. The second-order valence-electron chi connectivity index (χ2n) is 7.48. The first kappa shape index (κ1) is 18.2. The lowest BCUT2D eigenvalue weighted by molar-refractivity contribution is -0.124. The summed E-state index contributed by atoms with van der Waals surface area (Å²) < 4.78 is 0. The second-order valence-corrected chi connectivity index (χ2v) is 7.48. The molecule has 1 aliphatic rings. The van der Waals surface area contributed by atoms with Crippen LogP contribution in [0.25, 0.3) is 0 Å². The maximum atomic E-state index is 12.1. The zero-order chi connectivity index (χ0) is 16.0. The zero-order valence-electron chi connectivity index (χ0n) is 14.6. The molecular weight excluding hydrogens is 262 g/mol. The van der Waals surface area contributed by atoms with E-state index in [9.17, 15) is 4.79 Å². The lowest BCUT2D eigenvalue weighted by Gasteiger charge is -2.33. The first-order valence-electron chi connectivity index (χ1n) is 8.11. The lowest BCUT2D eigenvalue weighted by atomic mass is 10.0. The van der Waals surface area contributed by atoms with E-state index in [0.717, 1.165) is 32.5 Å². The molecule has 0 aliphatic carbocycles. The van der Waals surface area contributed by atoms with Gasteiger partial charge in [-0.15, -0.1) is 0 Å². The first-order valence-corrected chi connectivity index (χ1v) is 8.11. The number of hydrogen-bond donors (Lipinski definition) is 2. The smallest absolute Gasteiger partial charge is 0.237 e. The van der Waals surface area contributed by atoms with Crippen molar-refractivity contribution >= 4 is 5.91 Å². The molecule has 21 heavy (non-hydrogen) atoms. The molecule has 0 saturated carbocycles. The molecule has 0 radical (unpaired) electrons. The molecule has 0 aromatic carbocycles. The van der Waals surface area contributed by atoms with Gasteiger partial charge < -0.3 is 10.6 Å². The molecular formula is C17H33N3O. The summed E-state index contributed by atoms with van der Waals surface area (Å²) in [6.45, 7) is 15.5. The summed E-state index contributed by atoms with van der Waals surface area (Å²) >= 11 is 0. The summed E-state index contributed by atoms with van der Waals surface area (Å²) in [6, 6.07) is 0.326. The Kier molecular flexibility index (Phi) is 6.88. The van der Waals surface area contributed by atoms with E-state index in [1.807, 2.05) is 27.7 Å². The van der Waals surface area contributed by atoms with Crippen LogP contribution in [-0.4, -0.2) is 48.1 Å². The minimum atomic E-state index is -0.166. The van der Waals surface area contributed by atoms with Gasteiger partial charge in [0.15, 0.2) is 0 Å². The van der Waals surface area contributed by atoms with Crippen LogP contribution in [0.1, 0.15) is 54.4 Å². The number of nitrogens with zero attached hydrogens (tertiary/aromatic N) is 1. The number of hydrogen-bond acceptors (Lipinski definition) is 3. The Morgan fingerprint density at radius 1 is 1.29 bits per heavy atom. The number of piperidine rings is 1. The molecule has 1 heterocycles. The molecule has 1 amide bonds. The summed E-state index contributed by atoms with van der Waals surface area (Å²) in [5.41, 5.74) is 1.21. The molecule has 1 fully saturated rings. The molecule has 122 valence electrons. The Hall–Kier alpha value is -0.870. The van der Waals surface area contributed by atoms with Gasteiger partial charge in [0.1, 0.15) is 0 Å². The van der Waals surface area contributed by atoms with Crippen LogP contribution in [0, 0.1) is 0 Å². The van der Waals surface area contributed by atoms with Gasteiger partial charge in [0.05, 0.1) is 6.04 Å². The Morgan fingerprint density at radius 2 is 1.86 bits per heavy atom. The molecule has 0 aromatic heterocycles. The first-order chi connectivity index (χ1) is 9.67. The average molecular weight is 295 g/mol. The van der Waals surface area contributed by atoms with E-state index in [2.05, 4.69) is 35.5 Å². The summed E-state index contributed by atoms with van der Waals surface area (Å²) in [5.74, 6) is 0.0921. The number of amides is 1. The van der Waals surface area contributed by atoms with Gasteiger partial charge in [0.2, 0.25) is 5.91 Å². The van der Waals surface area contributed by atoms with Crippen LogP contribution >= 0.6 is 0 Å². The minimum Gasteiger partial charge on any atom is -0.350 e. The third kappa shape index (κ3) is 7.63. The lowest BCUT2D eigenvalue weighted by Crippen LogP contribution is -2.53. The van der Waals surface area contributed by atoms with Gasteiger partial charge >= 0.3 is 0 Å². The van der Waals surface area contributed by atoms with Crippen molar-refractivity contribution in [3.05, 3.63) is 11.6 Å². The van der Waals surface area contributed by atoms with E-state index in [4.69, 9.17) is 0 Å². The molecule has 1 rings (SSSR count). The van der Waals surface area contributed by atoms with Gasteiger partial charge in [-0.3, -0.25) is 9.69 Å². The zero-order valence-corrected chi connectivity index (χ0v) is 14.6. The van der Waals surface area contributed by atoms with Crippen LogP contribution in [-0.2, 0) is 4.79 Å². The predicted molar refractivity (Wildman–Crippen MR) is 89.4 cm³/mol. The summed E-state index contributed by atoms with van der Waals surface area (Å²) in [4.78, 5) is 14.6. The highest BCUT2D eigenvalue weighted by molar-refractivity contribution is 5.81. The summed E-state index contributed by atoms with van der Waals surface area (Å²) in [6.07, 6.45) is 4.51. The highest BCUT2D eigenvalue weighted by Crippen LogP contribution is 2.11. The molecule has 4 nitrogen and oxygen atoms in total. The number of allylic oxidation sites excluding steroid dienone is 1. The van der Waals surface area contributed by atoms with Crippen molar-refractivity contribution in [2.75, 3.05) is 19.6 Å². The van der Waals surface area contributed by atoms with Crippen LogP contribution in [0.5, 0.6) is 0 Å². The SMILES string of the molecule is CC(C)=CCN1CCC(NC(C)C(=O)NC(C)(C)C)CC1. The Balaban J connectivity index is 2.32. The van der Waals surface area contributed by atoms with Crippen molar-refractivity contribution in [2.24, 2.45) is 0 Å². The van der Waals surface area contributed by atoms with Gasteiger partial charge in [-0.1, -0.05) is 11.6 Å². The summed E-state index contributed by atoms with van der Waals surface area (Å²) in [5, 5.41) is 6.50. The van der Waals surface area contributed by atoms with Crippen LogP contribution in [0.15, 0.2) is 11.6 Å². The highest BCUT2D eigenvalue weighted by Gasteiger charge is 2.24. The second kappa shape index (κ2) is 7.95. The van der Waals surface area contributed by atoms with Crippen LogP contribution in [0.2, 0.25) is 0 Å². The van der Waals surface area contributed by atoms with Crippen molar-refractivity contribution in [3.63, 3.8) is 0 Å². The number of likely N-dealkylation sites (tertiary alicyclic amines) is 1. The Morgan fingerprint density at radius 3 is 2.33 bits per heavy atom. The third-order valence-corrected chi connectivity index (χ3v) is 3.72. The van der Waals surface area contributed by atoms with E-state index in [0.29, 0.717) is 6.04 Å². The molecule has 0 aromatic rings. The van der Waals surface area contributed by atoms with Crippen LogP contribution in [0.4, 0.5) is 0 Å². The van der Waals surface area contributed by atoms with Gasteiger partial charge in [-0.2, -0.15) is 0 Å². The van der Waals surface area contributed by atoms with Crippen molar-refractivity contribution in [2.45, 2.75) is 72.0 Å². The molecule has 1 unspecified atom stereocenters. The number of nitrogens with one attached hydrogen (secondary N) is 2. The van der Waals surface area contributed by atoms with E-state index >= 15 is 0 Å². The molecule has 2 N–H and O–H groups in total. The average Bonchev–Trinajstić information content (AvgIpc) is 2.35. The molecule has 0 bridgehead atoms. The Bertz CT molecular complexity index is 359. The number of rotatable bonds is 5. The van der Waals surface area contributed by atoms with Crippen molar-refractivity contribution in [1.29, 1.82) is 0 Å². The van der Waals surface area contributed by atoms with Crippen LogP contribution in [0.3, 0.4) is 0 Å². The topological polar surface area (TPSA) is 44.4 Å². The standard InChI is InChI=1S/C17H33N3O/c1-13(2)7-10-20-11-8-15(9-12-20)18-14(3)16(21)19-17(4,5)6/h7,14-15,18H,8-12H2,1-6H3,(H,19,21). The maximum absolute atomic E-state index is 12.1. The minimum absolute atomic E-state index is 0.0921. The molecule has 1 saturated heterocycles. The van der Waals surface area contributed by atoms with E-state index < -0.39 is 0 Å². The third-order valence-electron chi connectivity index (χ3n) is 3.72. The van der Waals surface area contributed by atoms with Crippen LogP contribution < -0.4 is 10.6 Å². The quantitative estimate of drug-likeness (QED) is 0.765. The fourth-order valence-electron chi connectivity index (χ4n) is 2.50. The van der Waals surface area contributed by atoms with E-state index in [1.165, 1.54) is 5.57 Å². The largest absolute Gasteiger partial charge is 0.350 e. The summed E-state index contributed by atoms with van der Waals surface area (Å²) in [7, 11) is 0. The van der Waals surface area contributed by atoms with Crippen molar-refractivity contribution < 1.29 is 4.79 Å². The van der Waals surface area contributed by atoms with E-state index in [1.54, 1.807) is 0 Å². The van der Waals surface area contributed by atoms with Gasteiger partial charge in [-0.25, -0.2) is 0 Å².